The van der Waals surface area contributed by atoms with Crippen LogP contribution in [0.15, 0.2) is 34.7 Å². The summed E-state index contributed by atoms with van der Waals surface area (Å²) < 4.78 is 43.4. The number of carbonyl (C=O) groups excluding carboxylic acids is 1. The number of aryl methyl sites for hydroxylation is 2. The molecule has 3 rings (SSSR count). The molecule has 31 heavy (non-hydrogen) atoms. The van der Waals surface area contributed by atoms with E-state index in [2.05, 4.69) is 5.32 Å². The number of nitrogens with zero attached hydrogens (tertiary/aromatic N) is 1. The zero-order chi connectivity index (χ0) is 22.6. The van der Waals surface area contributed by atoms with Crippen LogP contribution in [0.1, 0.15) is 41.3 Å². The number of benzene rings is 1. The maximum Gasteiger partial charge on any atom is 0.287 e. The Kier molecular flexibility index (Phi) is 7.40. The lowest BCUT2D eigenvalue weighted by molar-refractivity contribution is -0.0440. The van der Waals surface area contributed by atoms with Gasteiger partial charge in [-0.05, 0) is 51.5 Å². The van der Waals surface area contributed by atoms with Crippen LogP contribution in [0.25, 0.3) is 0 Å². The van der Waals surface area contributed by atoms with Gasteiger partial charge in [0.1, 0.15) is 18.1 Å². The molecule has 1 N–H and O–H groups in total. The van der Waals surface area contributed by atoms with Crippen molar-refractivity contribution in [2.75, 3.05) is 25.4 Å². The fourth-order valence-electron chi connectivity index (χ4n) is 3.56. The molecule has 1 aromatic heterocycles. The number of furan rings is 1. The van der Waals surface area contributed by atoms with Gasteiger partial charge in [0.25, 0.3) is 5.91 Å². The minimum atomic E-state index is -3.48. The lowest BCUT2D eigenvalue weighted by atomic mass is 10.1. The van der Waals surface area contributed by atoms with Crippen molar-refractivity contribution < 1.29 is 27.1 Å². The molecule has 1 saturated heterocycles. The summed E-state index contributed by atoms with van der Waals surface area (Å²) >= 11 is 0. The van der Waals surface area contributed by atoms with E-state index < -0.39 is 15.9 Å². The van der Waals surface area contributed by atoms with Crippen molar-refractivity contribution >= 4 is 15.9 Å². The highest BCUT2D eigenvalue weighted by Crippen LogP contribution is 2.20. The summed E-state index contributed by atoms with van der Waals surface area (Å²) in [6, 6.07) is 9.12. The molecule has 0 saturated carbocycles. The molecule has 0 spiro atoms. The number of rotatable bonds is 8. The van der Waals surface area contributed by atoms with Gasteiger partial charge in [-0.2, -0.15) is 4.31 Å². The van der Waals surface area contributed by atoms with E-state index >= 15 is 0 Å². The second kappa shape index (κ2) is 9.84. The van der Waals surface area contributed by atoms with Gasteiger partial charge in [-0.3, -0.25) is 4.79 Å². The van der Waals surface area contributed by atoms with Crippen LogP contribution < -0.4 is 10.1 Å². The van der Waals surface area contributed by atoms with Crippen LogP contribution in [0.2, 0.25) is 0 Å². The highest BCUT2D eigenvalue weighted by Gasteiger charge is 2.30. The van der Waals surface area contributed by atoms with Gasteiger partial charge in [0.15, 0.2) is 5.76 Å². The van der Waals surface area contributed by atoms with Gasteiger partial charge in [-0.25, -0.2) is 8.42 Å². The molecule has 2 heterocycles. The van der Waals surface area contributed by atoms with Crippen LogP contribution in [0.3, 0.4) is 0 Å². The summed E-state index contributed by atoms with van der Waals surface area (Å²) in [6.45, 7) is 8.51. The third-order valence-electron chi connectivity index (χ3n) is 5.01. The third kappa shape index (κ3) is 6.32. The van der Waals surface area contributed by atoms with Crippen molar-refractivity contribution in [3.8, 4) is 5.75 Å². The number of amides is 1. The van der Waals surface area contributed by atoms with Gasteiger partial charge in [0.2, 0.25) is 10.0 Å². The SMILES string of the molecule is Cc1ccc(OCc2ccc(C(=O)NCCS(=O)(=O)N3CC(C)OC(C)C3)o2)c(C)c1. The summed E-state index contributed by atoms with van der Waals surface area (Å²) in [7, 11) is -3.48. The number of hydrogen-bond donors (Lipinski definition) is 1. The standard InChI is InChI=1S/C22H30N2O6S/c1-15-5-7-20(16(2)11-15)28-14-19-6-8-21(30-19)22(25)23-9-10-31(26,27)24-12-17(3)29-18(4)13-24/h5-8,11,17-18H,9-10,12-14H2,1-4H3,(H,23,25). The monoisotopic (exact) mass is 450 g/mol. The first-order valence-electron chi connectivity index (χ1n) is 10.3. The molecule has 170 valence electrons. The van der Waals surface area contributed by atoms with Gasteiger partial charge < -0.3 is 19.2 Å². The fraction of sp³-hybridized carbons (Fsp3) is 0.500. The van der Waals surface area contributed by atoms with Crippen molar-refractivity contribution in [3.63, 3.8) is 0 Å². The number of nitrogens with one attached hydrogen (secondary N) is 1. The number of morpholine rings is 1. The highest BCUT2D eigenvalue weighted by molar-refractivity contribution is 7.89. The Labute approximate surface area is 183 Å². The van der Waals surface area contributed by atoms with E-state index in [1.54, 1.807) is 12.1 Å². The van der Waals surface area contributed by atoms with Gasteiger partial charge in [-0.1, -0.05) is 17.7 Å². The predicted molar refractivity (Wildman–Crippen MR) is 117 cm³/mol. The summed E-state index contributed by atoms with van der Waals surface area (Å²) in [5.41, 5.74) is 2.18. The normalized spacial score (nSPS) is 19.9. The average molecular weight is 451 g/mol. The first kappa shape index (κ1) is 23.3. The van der Waals surface area contributed by atoms with Gasteiger partial charge in [0, 0.05) is 19.6 Å². The van der Waals surface area contributed by atoms with E-state index in [-0.39, 0.29) is 36.9 Å². The lowest BCUT2D eigenvalue weighted by Crippen LogP contribution is -2.49. The molecule has 1 fully saturated rings. The molecular formula is C22H30N2O6S. The molecule has 1 aromatic carbocycles. The Hall–Kier alpha value is -2.36. The highest BCUT2D eigenvalue weighted by atomic mass is 32.2. The van der Waals surface area contributed by atoms with Crippen LogP contribution in [0, 0.1) is 13.8 Å². The third-order valence-corrected chi connectivity index (χ3v) is 6.82. The lowest BCUT2D eigenvalue weighted by Gasteiger charge is -2.34. The summed E-state index contributed by atoms with van der Waals surface area (Å²) in [4.78, 5) is 12.3. The maximum absolute atomic E-state index is 12.5. The second-order valence-corrected chi connectivity index (χ2v) is 10.1. The average Bonchev–Trinajstić information content (AvgIpc) is 3.15. The molecule has 9 heteroatoms. The molecule has 0 bridgehead atoms. The maximum atomic E-state index is 12.5. The van der Waals surface area contributed by atoms with Crippen LogP contribution in [-0.2, 0) is 21.4 Å². The molecular weight excluding hydrogens is 420 g/mol. The first-order chi connectivity index (χ1) is 14.6. The minimum absolute atomic E-state index is 0.00359. The van der Waals surface area contributed by atoms with E-state index in [0.717, 1.165) is 16.9 Å². The largest absolute Gasteiger partial charge is 0.485 e. The van der Waals surface area contributed by atoms with Crippen molar-refractivity contribution in [2.24, 2.45) is 0 Å². The Balaban J connectivity index is 1.48. The van der Waals surface area contributed by atoms with E-state index in [0.29, 0.717) is 18.8 Å². The predicted octanol–water partition coefficient (Wildman–Crippen LogP) is 2.64. The van der Waals surface area contributed by atoms with Crippen molar-refractivity contribution in [1.82, 2.24) is 9.62 Å². The van der Waals surface area contributed by atoms with Crippen LogP contribution >= 0.6 is 0 Å². The Morgan fingerprint density at radius 2 is 1.87 bits per heavy atom. The minimum Gasteiger partial charge on any atom is -0.485 e. The fourth-order valence-corrected chi connectivity index (χ4v) is 5.05. The Morgan fingerprint density at radius 1 is 1.16 bits per heavy atom. The van der Waals surface area contributed by atoms with Gasteiger partial charge >= 0.3 is 0 Å². The van der Waals surface area contributed by atoms with Crippen molar-refractivity contribution in [2.45, 2.75) is 46.5 Å². The van der Waals surface area contributed by atoms with Gasteiger partial charge in [-0.15, -0.1) is 0 Å². The number of ether oxygens (including phenoxy) is 2. The summed E-state index contributed by atoms with van der Waals surface area (Å²) in [5, 5.41) is 2.61. The molecule has 2 aromatic rings. The smallest absolute Gasteiger partial charge is 0.287 e. The second-order valence-electron chi connectivity index (χ2n) is 7.97. The Bertz CT molecular complexity index is 1010. The molecule has 0 radical (unpaired) electrons. The zero-order valence-corrected chi connectivity index (χ0v) is 19.2. The van der Waals surface area contributed by atoms with E-state index in [1.807, 2.05) is 45.9 Å². The van der Waals surface area contributed by atoms with Crippen molar-refractivity contribution in [1.29, 1.82) is 0 Å². The molecule has 8 nitrogen and oxygen atoms in total. The molecule has 1 aliphatic heterocycles. The number of hydrogen-bond acceptors (Lipinski definition) is 6. The first-order valence-corrected chi connectivity index (χ1v) is 11.9. The molecule has 2 atom stereocenters. The zero-order valence-electron chi connectivity index (χ0n) is 18.4. The molecule has 2 unspecified atom stereocenters. The van der Waals surface area contributed by atoms with Crippen LogP contribution in [0.5, 0.6) is 5.75 Å². The van der Waals surface area contributed by atoms with E-state index in [9.17, 15) is 13.2 Å². The quantitative estimate of drug-likeness (QED) is 0.664. The van der Waals surface area contributed by atoms with Gasteiger partial charge in [0.05, 0.1) is 18.0 Å². The summed E-state index contributed by atoms with van der Waals surface area (Å²) in [6.07, 6.45) is -0.304. The molecule has 1 amide bonds. The Morgan fingerprint density at radius 3 is 2.55 bits per heavy atom. The van der Waals surface area contributed by atoms with E-state index in [1.165, 1.54) is 4.31 Å². The summed E-state index contributed by atoms with van der Waals surface area (Å²) in [5.74, 6) is 0.739. The van der Waals surface area contributed by atoms with Crippen LogP contribution in [0.4, 0.5) is 0 Å². The molecule has 0 aliphatic carbocycles. The molecule has 1 aliphatic rings. The van der Waals surface area contributed by atoms with Crippen LogP contribution in [-0.4, -0.2) is 56.2 Å². The number of sulfonamides is 1. The van der Waals surface area contributed by atoms with Crippen molar-refractivity contribution in [3.05, 3.63) is 53.0 Å². The topological polar surface area (TPSA) is 98.1 Å². The number of carbonyl (C=O) groups is 1. The van der Waals surface area contributed by atoms with E-state index in [4.69, 9.17) is 13.9 Å².